The number of rotatable bonds is 4. The van der Waals surface area contributed by atoms with Crippen LogP contribution in [0.3, 0.4) is 0 Å². The van der Waals surface area contributed by atoms with E-state index >= 15 is 0 Å². The molecule has 0 amide bonds. The fraction of sp³-hybridized carbons (Fsp3) is 0.0952. The van der Waals surface area contributed by atoms with Gasteiger partial charge in [-0.25, -0.2) is 17.1 Å². The summed E-state index contributed by atoms with van der Waals surface area (Å²) in [5.74, 6) is 0.822. The van der Waals surface area contributed by atoms with Crippen molar-refractivity contribution in [3.63, 3.8) is 0 Å². The van der Waals surface area contributed by atoms with Gasteiger partial charge in [-0.15, -0.1) is 11.3 Å². The van der Waals surface area contributed by atoms with Crippen LogP contribution in [0.4, 0.5) is 0 Å². The molecule has 0 bridgehead atoms. The van der Waals surface area contributed by atoms with Crippen molar-refractivity contribution in [2.45, 2.75) is 6.10 Å². The topological polar surface area (TPSA) is 42.4 Å². The number of hydrogen-bond donors (Lipinski definition) is 1. The summed E-state index contributed by atoms with van der Waals surface area (Å²) in [6, 6.07) is 25.4. The summed E-state index contributed by atoms with van der Waals surface area (Å²) in [4.78, 5) is 5.24. The fourth-order valence-electron chi connectivity index (χ4n) is 2.34. The third kappa shape index (κ3) is 5.16. The molecule has 1 atom stereocenters. The Morgan fingerprint density at radius 3 is 2.31 bits per heavy atom. The van der Waals surface area contributed by atoms with Crippen LogP contribution in [0, 0.1) is 0 Å². The molecule has 4 rings (SSSR count). The van der Waals surface area contributed by atoms with Gasteiger partial charge in [-0.2, -0.15) is 18.2 Å². The minimum atomic E-state index is -0.602. The number of nitrogens with zero attached hydrogens (tertiary/aromatic N) is 1. The Bertz CT molecular complexity index is 835. The molecule has 0 aliphatic rings. The maximum Gasteiger partial charge on any atom is 0.123 e. The van der Waals surface area contributed by atoms with Gasteiger partial charge in [-0.05, 0) is 24.3 Å². The second-order valence-corrected chi connectivity index (χ2v) is 6.44. The summed E-state index contributed by atoms with van der Waals surface area (Å²) in [5.41, 5.74) is 1.92. The number of aromatic nitrogens is 1. The van der Waals surface area contributed by atoms with E-state index in [1.165, 1.54) is 11.3 Å². The van der Waals surface area contributed by atoms with Gasteiger partial charge in [0.2, 0.25) is 0 Å². The van der Waals surface area contributed by atoms with Gasteiger partial charge in [0, 0.05) is 33.7 Å². The maximum absolute atomic E-state index is 10.3. The van der Waals surface area contributed by atoms with E-state index in [2.05, 4.69) is 4.98 Å². The number of aliphatic hydroxyl groups excluding tert-OH is 1. The predicted molar refractivity (Wildman–Crippen MR) is 102 cm³/mol. The van der Waals surface area contributed by atoms with Gasteiger partial charge in [-0.1, -0.05) is 6.10 Å². The average molecular weight is 405 g/mol. The molecule has 0 aliphatic heterocycles. The summed E-state index contributed by atoms with van der Waals surface area (Å²) >= 11 is 1.50. The van der Waals surface area contributed by atoms with Crippen LogP contribution < -0.4 is 4.74 Å². The van der Waals surface area contributed by atoms with Crippen molar-refractivity contribution in [1.29, 1.82) is 0 Å². The minimum Gasteiger partial charge on any atom is -0.747 e. The van der Waals surface area contributed by atoms with E-state index in [0.29, 0.717) is 0 Å². The van der Waals surface area contributed by atoms with Crippen LogP contribution in [0.1, 0.15) is 16.5 Å². The SMILES string of the molecule is COc1ccc(-c2ncc(C(O)[c-]3[cH-][cH-][cH-][cH-]3)s2)cc1.[Fe].c1cc[cH-]c1. The first kappa shape index (κ1) is 20.1. The van der Waals surface area contributed by atoms with Crippen LogP contribution in [0.15, 0.2) is 85.1 Å². The summed E-state index contributed by atoms with van der Waals surface area (Å²) in [7, 11) is 1.65. The first-order chi connectivity index (χ1) is 12.3. The Balaban J connectivity index is 0.000000351. The van der Waals surface area contributed by atoms with Crippen LogP contribution in [0.2, 0.25) is 0 Å². The Morgan fingerprint density at radius 1 is 1.12 bits per heavy atom. The van der Waals surface area contributed by atoms with Gasteiger partial charge >= 0.3 is 0 Å². The molecule has 3 aromatic carbocycles. The first-order valence-electron chi connectivity index (χ1n) is 7.94. The number of ether oxygens (including phenoxy) is 1. The first-order valence-corrected chi connectivity index (χ1v) is 8.76. The van der Waals surface area contributed by atoms with Gasteiger partial charge in [0.15, 0.2) is 0 Å². The summed E-state index contributed by atoms with van der Waals surface area (Å²) in [5, 5.41) is 11.2. The summed E-state index contributed by atoms with van der Waals surface area (Å²) < 4.78 is 5.14. The second-order valence-electron chi connectivity index (χ2n) is 5.38. The molecule has 5 heteroatoms. The quantitative estimate of drug-likeness (QED) is 0.383. The van der Waals surface area contributed by atoms with Crippen LogP contribution in [-0.2, 0) is 17.1 Å². The molecule has 0 radical (unpaired) electrons. The van der Waals surface area contributed by atoms with Gasteiger partial charge in [-0.3, -0.25) is 0 Å². The monoisotopic (exact) mass is 405 g/mol. The Hall–Kier alpha value is -2.17. The van der Waals surface area contributed by atoms with E-state index in [-0.39, 0.29) is 17.1 Å². The molecule has 0 fully saturated rings. The van der Waals surface area contributed by atoms with Crippen molar-refractivity contribution < 1.29 is 26.9 Å². The van der Waals surface area contributed by atoms with Crippen molar-refractivity contribution in [2.75, 3.05) is 7.11 Å². The third-order valence-corrected chi connectivity index (χ3v) is 4.79. The largest absolute Gasteiger partial charge is 0.747 e. The van der Waals surface area contributed by atoms with Crippen LogP contribution >= 0.6 is 11.3 Å². The number of methoxy groups -OCH3 is 1. The predicted octanol–water partition coefficient (Wildman–Crippen LogP) is 5.02. The van der Waals surface area contributed by atoms with Crippen molar-refractivity contribution in [1.82, 2.24) is 4.98 Å². The minimum absolute atomic E-state index is 0. The van der Waals surface area contributed by atoms with Crippen molar-refractivity contribution in [3.05, 3.63) is 95.5 Å². The van der Waals surface area contributed by atoms with Crippen molar-refractivity contribution in [2.24, 2.45) is 0 Å². The van der Waals surface area contributed by atoms with E-state index in [0.717, 1.165) is 26.8 Å². The zero-order chi connectivity index (χ0) is 17.5. The van der Waals surface area contributed by atoms with E-state index < -0.39 is 6.10 Å². The molecule has 1 heterocycles. The molecule has 26 heavy (non-hydrogen) atoms. The Labute approximate surface area is 168 Å². The van der Waals surface area contributed by atoms with Gasteiger partial charge in [0.25, 0.3) is 0 Å². The smallest absolute Gasteiger partial charge is 0.123 e. The molecule has 3 nitrogen and oxygen atoms in total. The molecule has 1 unspecified atom stereocenters. The molecular formula is C21H19FeNO2S-6. The van der Waals surface area contributed by atoms with E-state index in [4.69, 9.17) is 4.74 Å². The summed E-state index contributed by atoms with van der Waals surface area (Å²) in [6.07, 6.45) is 1.14. The van der Waals surface area contributed by atoms with Gasteiger partial charge in [0.05, 0.1) is 7.11 Å². The van der Waals surface area contributed by atoms with E-state index in [1.54, 1.807) is 13.3 Å². The molecule has 4 aromatic rings. The second kappa shape index (κ2) is 10.1. The molecular weight excluding hydrogens is 386 g/mol. The number of benzene rings is 1. The molecule has 140 valence electrons. The average Bonchev–Trinajstić information content (AvgIpc) is 3.45. The zero-order valence-corrected chi connectivity index (χ0v) is 16.1. The summed E-state index contributed by atoms with van der Waals surface area (Å²) in [6.45, 7) is 0. The number of aliphatic hydroxyl groups is 1. The number of hydrogen-bond acceptors (Lipinski definition) is 4. The third-order valence-electron chi connectivity index (χ3n) is 3.69. The maximum atomic E-state index is 10.3. The standard InChI is InChI=1S/C16H14NO2S.C5H5.Fe/c1-19-13-8-6-12(7-9-13)16-17-10-14(20-16)15(18)11-4-2-3-5-11;1-2-4-5-3-1;/h2-10,15,18H,1H3;1-5H;/q-5;-1;. The van der Waals surface area contributed by atoms with E-state index in [1.807, 2.05) is 78.9 Å². The molecule has 0 aliphatic carbocycles. The molecule has 0 saturated heterocycles. The molecule has 1 N–H and O–H groups in total. The number of thiazole rings is 1. The van der Waals surface area contributed by atoms with Crippen molar-refractivity contribution in [3.8, 4) is 16.3 Å². The molecule has 0 spiro atoms. The Kier molecular flexibility index (Phi) is 7.82. The van der Waals surface area contributed by atoms with Crippen LogP contribution in [0.25, 0.3) is 10.6 Å². The van der Waals surface area contributed by atoms with Gasteiger partial charge < -0.3 is 39.7 Å². The zero-order valence-electron chi connectivity index (χ0n) is 14.2. The van der Waals surface area contributed by atoms with Crippen molar-refractivity contribution >= 4 is 11.3 Å². The van der Waals surface area contributed by atoms with Crippen LogP contribution in [-0.4, -0.2) is 17.2 Å². The van der Waals surface area contributed by atoms with Gasteiger partial charge in [0.1, 0.15) is 10.8 Å². The molecule has 0 saturated carbocycles. The van der Waals surface area contributed by atoms with Crippen LogP contribution in [0.5, 0.6) is 5.75 Å². The molecule has 1 aromatic heterocycles. The van der Waals surface area contributed by atoms with E-state index in [9.17, 15) is 5.11 Å². The Morgan fingerprint density at radius 2 is 1.77 bits per heavy atom. The fourth-order valence-corrected chi connectivity index (χ4v) is 3.27. The normalized spacial score (nSPS) is 11.0.